The van der Waals surface area contributed by atoms with Gasteiger partial charge in [-0.25, -0.2) is 0 Å². The number of carbonyl (C=O) groups excluding carboxylic acids is 2. The Morgan fingerprint density at radius 1 is 1.11 bits per heavy atom. The maximum atomic E-state index is 12.3. The maximum absolute atomic E-state index is 12.3. The predicted octanol–water partition coefficient (Wildman–Crippen LogP) is 1.84. The van der Waals surface area contributed by atoms with Gasteiger partial charge in [0.05, 0.1) is 0 Å². The van der Waals surface area contributed by atoms with Crippen molar-refractivity contribution in [3.05, 3.63) is 0 Å². The van der Waals surface area contributed by atoms with Crippen LogP contribution in [-0.4, -0.2) is 35.8 Å². The first kappa shape index (κ1) is 13.1. The van der Waals surface area contributed by atoms with E-state index >= 15 is 0 Å². The Morgan fingerprint density at radius 2 is 1.79 bits per heavy atom. The number of hydrogen-bond acceptors (Lipinski definition) is 3. The van der Waals surface area contributed by atoms with Gasteiger partial charge >= 0.3 is 0 Å². The van der Waals surface area contributed by atoms with Crippen LogP contribution in [0.2, 0.25) is 0 Å². The highest BCUT2D eigenvalue weighted by molar-refractivity contribution is 5.98. The number of imide groups is 1. The van der Waals surface area contributed by atoms with Gasteiger partial charge in [-0.15, -0.1) is 0 Å². The van der Waals surface area contributed by atoms with Crippen LogP contribution in [-0.2, 0) is 9.59 Å². The van der Waals surface area contributed by atoms with E-state index in [1.165, 1.54) is 30.6 Å². The molecule has 0 aromatic heterocycles. The molecule has 2 aliphatic heterocycles. The van der Waals surface area contributed by atoms with Gasteiger partial charge in [0.1, 0.15) is 0 Å². The van der Waals surface area contributed by atoms with Gasteiger partial charge in [-0.2, -0.15) is 0 Å². The monoisotopic (exact) mass is 264 g/mol. The lowest BCUT2D eigenvalue weighted by Crippen LogP contribution is -2.48. The fourth-order valence-electron chi connectivity index (χ4n) is 4.05. The lowest BCUT2D eigenvalue weighted by atomic mass is 9.76. The number of hydrogen-bond donors (Lipinski definition) is 1. The largest absolute Gasteiger partial charge is 0.314 e. The third-order valence-corrected chi connectivity index (χ3v) is 5.18. The quantitative estimate of drug-likeness (QED) is 0.791. The molecular formula is C15H24N2O2. The van der Waals surface area contributed by atoms with Gasteiger partial charge in [-0.05, 0) is 44.1 Å². The molecule has 106 valence electrons. The molecule has 1 aliphatic carbocycles. The summed E-state index contributed by atoms with van der Waals surface area (Å²) in [5.41, 5.74) is 0.0380. The molecule has 19 heavy (non-hydrogen) atoms. The van der Waals surface area contributed by atoms with Crippen molar-refractivity contribution in [1.29, 1.82) is 0 Å². The molecule has 4 nitrogen and oxygen atoms in total. The fraction of sp³-hybridized carbons (Fsp3) is 0.867. The van der Waals surface area contributed by atoms with Crippen LogP contribution < -0.4 is 5.32 Å². The van der Waals surface area contributed by atoms with E-state index in [4.69, 9.17) is 0 Å². The van der Waals surface area contributed by atoms with Crippen LogP contribution in [0.15, 0.2) is 0 Å². The molecule has 1 spiro atoms. The first-order valence-electron chi connectivity index (χ1n) is 7.75. The Kier molecular flexibility index (Phi) is 3.61. The zero-order valence-corrected chi connectivity index (χ0v) is 11.6. The van der Waals surface area contributed by atoms with Gasteiger partial charge < -0.3 is 5.32 Å². The van der Waals surface area contributed by atoms with E-state index in [0.717, 1.165) is 25.8 Å². The summed E-state index contributed by atoms with van der Waals surface area (Å²) >= 11 is 0. The van der Waals surface area contributed by atoms with Crippen LogP contribution in [0, 0.1) is 5.41 Å². The highest BCUT2D eigenvalue weighted by atomic mass is 16.2. The molecule has 2 saturated heterocycles. The number of piperidine rings is 1. The normalized spacial score (nSPS) is 30.5. The number of rotatable bonds is 3. The highest BCUT2D eigenvalue weighted by Crippen LogP contribution is 2.46. The second-order valence-corrected chi connectivity index (χ2v) is 6.58. The molecule has 4 heteroatoms. The van der Waals surface area contributed by atoms with E-state index in [9.17, 15) is 9.59 Å². The van der Waals surface area contributed by atoms with E-state index in [1.807, 2.05) is 0 Å². The average Bonchev–Trinajstić information content (AvgIpc) is 3.00. The zero-order chi connectivity index (χ0) is 13.3. The van der Waals surface area contributed by atoms with Gasteiger partial charge in [0.25, 0.3) is 0 Å². The number of nitrogens with zero attached hydrogens (tertiary/aromatic N) is 1. The summed E-state index contributed by atoms with van der Waals surface area (Å²) in [6, 6.07) is 0.503. The molecule has 1 N–H and O–H groups in total. The molecule has 0 aromatic rings. The van der Waals surface area contributed by atoms with E-state index in [2.05, 4.69) is 5.32 Å². The van der Waals surface area contributed by atoms with Crippen molar-refractivity contribution in [3.8, 4) is 0 Å². The third kappa shape index (κ3) is 2.69. The van der Waals surface area contributed by atoms with Crippen LogP contribution in [0.5, 0.6) is 0 Å². The minimum atomic E-state index is 0.0380. The SMILES string of the molecule is O=C1CC2(CCCC2)CC(=O)N1CCC1CCCN1. The molecule has 2 heterocycles. The van der Waals surface area contributed by atoms with Crippen LogP contribution in [0.25, 0.3) is 0 Å². The van der Waals surface area contributed by atoms with Crippen LogP contribution in [0.3, 0.4) is 0 Å². The Bertz CT molecular complexity index is 348. The van der Waals surface area contributed by atoms with Crippen molar-refractivity contribution in [2.75, 3.05) is 13.1 Å². The minimum absolute atomic E-state index is 0.0380. The van der Waals surface area contributed by atoms with Crippen molar-refractivity contribution in [2.24, 2.45) is 5.41 Å². The Labute approximate surface area is 114 Å². The first-order valence-corrected chi connectivity index (χ1v) is 7.75. The molecular weight excluding hydrogens is 240 g/mol. The first-order chi connectivity index (χ1) is 9.19. The predicted molar refractivity (Wildman–Crippen MR) is 72.5 cm³/mol. The van der Waals surface area contributed by atoms with Gasteiger partial charge in [-0.1, -0.05) is 12.8 Å². The van der Waals surface area contributed by atoms with E-state index in [1.54, 1.807) is 0 Å². The second-order valence-electron chi connectivity index (χ2n) is 6.58. The van der Waals surface area contributed by atoms with E-state index < -0.39 is 0 Å². The summed E-state index contributed by atoms with van der Waals surface area (Å²) in [6.45, 7) is 1.70. The topological polar surface area (TPSA) is 49.4 Å². The summed E-state index contributed by atoms with van der Waals surface area (Å²) in [4.78, 5) is 26.0. The molecule has 3 aliphatic rings. The number of likely N-dealkylation sites (tertiary alicyclic amines) is 1. The summed E-state index contributed by atoms with van der Waals surface area (Å²) in [7, 11) is 0. The number of amides is 2. The van der Waals surface area contributed by atoms with Gasteiger partial charge in [0, 0.05) is 25.4 Å². The van der Waals surface area contributed by atoms with Gasteiger partial charge in [0.2, 0.25) is 11.8 Å². The maximum Gasteiger partial charge on any atom is 0.229 e. The van der Waals surface area contributed by atoms with Crippen molar-refractivity contribution in [2.45, 2.75) is 63.8 Å². The molecule has 3 fully saturated rings. The summed E-state index contributed by atoms with van der Waals surface area (Å²) < 4.78 is 0. The van der Waals surface area contributed by atoms with Crippen LogP contribution >= 0.6 is 0 Å². The lowest BCUT2D eigenvalue weighted by molar-refractivity contribution is -0.153. The molecule has 0 bridgehead atoms. The summed E-state index contributed by atoms with van der Waals surface area (Å²) in [6.07, 6.45) is 9.05. The van der Waals surface area contributed by atoms with Crippen molar-refractivity contribution in [1.82, 2.24) is 10.2 Å². The third-order valence-electron chi connectivity index (χ3n) is 5.18. The molecule has 0 aromatic carbocycles. The van der Waals surface area contributed by atoms with Crippen molar-refractivity contribution >= 4 is 11.8 Å². The highest BCUT2D eigenvalue weighted by Gasteiger charge is 2.44. The minimum Gasteiger partial charge on any atom is -0.314 e. The van der Waals surface area contributed by atoms with Crippen LogP contribution in [0.1, 0.15) is 57.8 Å². The number of carbonyl (C=O) groups is 2. The Morgan fingerprint density at radius 3 is 2.37 bits per heavy atom. The summed E-state index contributed by atoms with van der Waals surface area (Å²) in [5, 5.41) is 3.43. The van der Waals surface area contributed by atoms with Crippen molar-refractivity contribution in [3.63, 3.8) is 0 Å². The summed E-state index contributed by atoms with van der Waals surface area (Å²) in [5.74, 6) is 0.160. The molecule has 3 rings (SSSR count). The number of nitrogens with one attached hydrogen (secondary N) is 1. The van der Waals surface area contributed by atoms with Gasteiger partial charge in [0.15, 0.2) is 0 Å². The van der Waals surface area contributed by atoms with E-state index in [-0.39, 0.29) is 17.2 Å². The lowest BCUT2D eigenvalue weighted by Gasteiger charge is -2.37. The van der Waals surface area contributed by atoms with Crippen LogP contribution in [0.4, 0.5) is 0 Å². The molecule has 2 amide bonds. The molecule has 0 radical (unpaired) electrons. The standard InChI is InChI=1S/C15H24N2O2/c18-13-10-15(6-1-2-7-15)11-14(19)17(13)9-5-12-4-3-8-16-12/h12,16H,1-11H2. The Hall–Kier alpha value is -0.900. The molecule has 1 unspecified atom stereocenters. The second kappa shape index (κ2) is 5.23. The molecule has 1 atom stereocenters. The van der Waals surface area contributed by atoms with E-state index in [0.29, 0.717) is 25.4 Å². The van der Waals surface area contributed by atoms with Gasteiger partial charge in [-0.3, -0.25) is 14.5 Å². The smallest absolute Gasteiger partial charge is 0.229 e. The van der Waals surface area contributed by atoms with Crippen molar-refractivity contribution < 1.29 is 9.59 Å². The average molecular weight is 264 g/mol. The fourth-order valence-corrected chi connectivity index (χ4v) is 4.05. The Balaban J connectivity index is 1.57. The zero-order valence-electron chi connectivity index (χ0n) is 11.6. The molecule has 1 saturated carbocycles.